The van der Waals surface area contributed by atoms with Crippen molar-refractivity contribution in [3.8, 4) is 5.75 Å². The second kappa shape index (κ2) is 6.08. The first-order valence-electron chi connectivity index (χ1n) is 7.32. The van der Waals surface area contributed by atoms with E-state index in [0.29, 0.717) is 18.9 Å². The Morgan fingerprint density at radius 1 is 1.22 bits per heavy atom. The lowest BCUT2D eigenvalue weighted by molar-refractivity contribution is 0.0692. The maximum atomic E-state index is 11.2. The summed E-state index contributed by atoms with van der Waals surface area (Å²) in [7, 11) is 0. The third kappa shape index (κ3) is 3.01. The van der Waals surface area contributed by atoms with Gasteiger partial charge in [0.25, 0.3) is 0 Å². The Morgan fingerprint density at radius 3 is 2.74 bits per heavy atom. The number of carboxylic acid groups (broad SMARTS) is 1. The largest absolute Gasteiger partial charge is 0.491 e. The third-order valence-electron chi connectivity index (χ3n) is 3.81. The van der Waals surface area contributed by atoms with Gasteiger partial charge in [0.15, 0.2) is 0 Å². The topological polar surface area (TPSA) is 77.2 Å². The average Bonchev–Trinajstić information content (AvgIpc) is 2.90. The number of para-hydroxylation sites is 1. The first kappa shape index (κ1) is 15.0. The average molecular weight is 311 g/mol. The SMILES string of the molecule is Cc1cc2nnn(CCOc3ccccc3C(=O)O)c2cc1C. The standard InChI is InChI=1S/C17H17N3O3/c1-11-9-14-15(10-12(11)2)20(19-18-14)7-8-23-16-6-4-3-5-13(16)17(21)22/h3-6,9-10H,7-8H2,1-2H3,(H,21,22). The van der Waals surface area contributed by atoms with Crippen LogP contribution in [0.5, 0.6) is 5.75 Å². The van der Waals surface area contributed by atoms with Crippen LogP contribution in [0, 0.1) is 13.8 Å². The molecule has 0 aliphatic carbocycles. The highest BCUT2D eigenvalue weighted by molar-refractivity contribution is 5.90. The molecule has 1 N–H and O–H groups in total. The number of ether oxygens (including phenoxy) is 1. The Hall–Kier alpha value is -2.89. The molecule has 23 heavy (non-hydrogen) atoms. The molecule has 0 spiro atoms. The number of rotatable bonds is 5. The number of hydrogen-bond acceptors (Lipinski definition) is 4. The first-order valence-corrected chi connectivity index (χ1v) is 7.32. The van der Waals surface area contributed by atoms with Gasteiger partial charge in [0.2, 0.25) is 0 Å². The van der Waals surface area contributed by atoms with Crippen molar-refractivity contribution in [3.63, 3.8) is 0 Å². The van der Waals surface area contributed by atoms with Crippen LogP contribution in [-0.2, 0) is 6.54 Å². The predicted octanol–water partition coefficient (Wildman–Crippen LogP) is 2.83. The molecule has 0 bridgehead atoms. The predicted molar refractivity (Wildman–Crippen MR) is 85.9 cm³/mol. The van der Waals surface area contributed by atoms with Gasteiger partial charge in [0.1, 0.15) is 23.4 Å². The monoisotopic (exact) mass is 311 g/mol. The normalized spacial score (nSPS) is 10.9. The van der Waals surface area contributed by atoms with E-state index in [0.717, 1.165) is 11.0 Å². The fraction of sp³-hybridized carbons (Fsp3) is 0.235. The van der Waals surface area contributed by atoms with Crippen LogP contribution in [0.15, 0.2) is 36.4 Å². The number of benzene rings is 2. The highest BCUT2D eigenvalue weighted by Crippen LogP contribution is 2.19. The Kier molecular flexibility index (Phi) is 3.97. The lowest BCUT2D eigenvalue weighted by atomic mass is 10.1. The van der Waals surface area contributed by atoms with Crippen molar-refractivity contribution in [3.05, 3.63) is 53.1 Å². The first-order chi connectivity index (χ1) is 11.1. The molecule has 0 atom stereocenters. The van der Waals surface area contributed by atoms with E-state index in [-0.39, 0.29) is 5.56 Å². The molecule has 118 valence electrons. The second-order valence-electron chi connectivity index (χ2n) is 5.39. The van der Waals surface area contributed by atoms with Gasteiger partial charge < -0.3 is 9.84 Å². The molecule has 1 aromatic heterocycles. The maximum Gasteiger partial charge on any atom is 0.339 e. The zero-order valence-corrected chi connectivity index (χ0v) is 13.0. The van der Waals surface area contributed by atoms with Crippen LogP contribution >= 0.6 is 0 Å². The second-order valence-corrected chi connectivity index (χ2v) is 5.39. The van der Waals surface area contributed by atoms with Gasteiger partial charge >= 0.3 is 5.97 Å². The van der Waals surface area contributed by atoms with Crippen LogP contribution in [0.3, 0.4) is 0 Å². The number of aromatic nitrogens is 3. The van der Waals surface area contributed by atoms with E-state index in [2.05, 4.69) is 16.4 Å². The van der Waals surface area contributed by atoms with Crippen LogP contribution in [0.25, 0.3) is 11.0 Å². The summed E-state index contributed by atoms with van der Waals surface area (Å²) in [6.45, 7) is 4.90. The summed E-state index contributed by atoms with van der Waals surface area (Å²) in [6, 6.07) is 10.7. The molecular weight excluding hydrogens is 294 g/mol. The summed E-state index contributed by atoms with van der Waals surface area (Å²) in [6.07, 6.45) is 0. The van der Waals surface area contributed by atoms with Crippen molar-refractivity contribution in [2.45, 2.75) is 20.4 Å². The van der Waals surface area contributed by atoms with Crippen molar-refractivity contribution in [1.82, 2.24) is 15.0 Å². The number of carbonyl (C=O) groups is 1. The van der Waals surface area contributed by atoms with Crippen LogP contribution in [0.1, 0.15) is 21.5 Å². The fourth-order valence-electron chi connectivity index (χ4n) is 2.40. The summed E-state index contributed by atoms with van der Waals surface area (Å²) < 4.78 is 7.37. The van der Waals surface area contributed by atoms with Gasteiger partial charge in [0, 0.05) is 0 Å². The summed E-state index contributed by atoms with van der Waals surface area (Å²) in [5.74, 6) is -0.644. The summed E-state index contributed by atoms with van der Waals surface area (Å²) in [4.78, 5) is 11.2. The maximum absolute atomic E-state index is 11.2. The summed E-state index contributed by atoms with van der Waals surface area (Å²) in [5, 5.41) is 17.4. The van der Waals surface area contributed by atoms with Gasteiger partial charge in [-0.25, -0.2) is 9.48 Å². The highest BCUT2D eigenvalue weighted by atomic mass is 16.5. The molecule has 0 fully saturated rings. The molecule has 3 rings (SSSR count). The van der Waals surface area contributed by atoms with E-state index in [4.69, 9.17) is 9.84 Å². The summed E-state index contributed by atoms with van der Waals surface area (Å²) in [5.41, 5.74) is 4.30. The molecule has 2 aromatic carbocycles. The fourth-order valence-corrected chi connectivity index (χ4v) is 2.40. The molecule has 0 aliphatic heterocycles. The molecule has 6 heteroatoms. The number of nitrogens with zero attached hydrogens (tertiary/aromatic N) is 3. The van der Waals surface area contributed by atoms with Gasteiger partial charge in [0.05, 0.1) is 12.1 Å². The van der Waals surface area contributed by atoms with Crippen molar-refractivity contribution in [2.75, 3.05) is 6.61 Å². The zero-order chi connectivity index (χ0) is 16.4. The smallest absolute Gasteiger partial charge is 0.339 e. The minimum atomic E-state index is -1.00. The quantitative estimate of drug-likeness (QED) is 0.784. The van der Waals surface area contributed by atoms with Crippen LogP contribution < -0.4 is 4.74 Å². The lowest BCUT2D eigenvalue weighted by Crippen LogP contribution is -2.11. The van der Waals surface area contributed by atoms with E-state index in [1.165, 1.54) is 17.2 Å². The lowest BCUT2D eigenvalue weighted by Gasteiger charge is -2.09. The van der Waals surface area contributed by atoms with E-state index >= 15 is 0 Å². The molecule has 1 heterocycles. The van der Waals surface area contributed by atoms with Gasteiger partial charge in [-0.3, -0.25) is 0 Å². The molecule has 0 amide bonds. The Bertz CT molecular complexity index is 871. The van der Waals surface area contributed by atoms with E-state index in [9.17, 15) is 4.79 Å². The molecule has 0 unspecified atom stereocenters. The Balaban J connectivity index is 1.75. The summed E-state index contributed by atoms with van der Waals surface area (Å²) >= 11 is 0. The van der Waals surface area contributed by atoms with Crippen molar-refractivity contribution >= 4 is 17.0 Å². The molecule has 0 saturated heterocycles. The number of hydrogen-bond donors (Lipinski definition) is 1. The van der Waals surface area contributed by atoms with Crippen LogP contribution in [-0.4, -0.2) is 32.7 Å². The molecule has 0 radical (unpaired) electrons. The van der Waals surface area contributed by atoms with E-state index in [1.807, 2.05) is 19.9 Å². The van der Waals surface area contributed by atoms with Crippen molar-refractivity contribution in [1.29, 1.82) is 0 Å². The van der Waals surface area contributed by atoms with Crippen molar-refractivity contribution in [2.24, 2.45) is 0 Å². The number of aromatic carboxylic acids is 1. The van der Waals surface area contributed by atoms with Crippen LogP contribution in [0.2, 0.25) is 0 Å². The van der Waals surface area contributed by atoms with Crippen LogP contribution in [0.4, 0.5) is 0 Å². The minimum absolute atomic E-state index is 0.155. The molecule has 3 aromatic rings. The number of carboxylic acids is 1. The van der Waals surface area contributed by atoms with E-state index < -0.39 is 5.97 Å². The Morgan fingerprint density at radius 2 is 1.96 bits per heavy atom. The molecule has 6 nitrogen and oxygen atoms in total. The molecule has 0 aliphatic rings. The van der Waals surface area contributed by atoms with Gasteiger partial charge in [-0.1, -0.05) is 17.3 Å². The van der Waals surface area contributed by atoms with Gasteiger partial charge in [-0.05, 0) is 49.2 Å². The zero-order valence-electron chi connectivity index (χ0n) is 13.0. The number of aryl methyl sites for hydroxylation is 2. The number of fused-ring (bicyclic) bond motifs is 1. The molecular formula is C17H17N3O3. The Labute approximate surface area is 133 Å². The minimum Gasteiger partial charge on any atom is -0.491 e. The van der Waals surface area contributed by atoms with E-state index in [1.54, 1.807) is 22.9 Å². The third-order valence-corrected chi connectivity index (χ3v) is 3.81. The molecule has 0 saturated carbocycles. The highest BCUT2D eigenvalue weighted by Gasteiger charge is 2.11. The van der Waals surface area contributed by atoms with Gasteiger partial charge in [-0.2, -0.15) is 0 Å². The van der Waals surface area contributed by atoms with Gasteiger partial charge in [-0.15, -0.1) is 5.10 Å². The van der Waals surface area contributed by atoms with Crippen molar-refractivity contribution < 1.29 is 14.6 Å².